The van der Waals surface area contributed by atoms with E-state index in [-0.39, 0.29) is 17.8 Å². The molecule has 0 unspecified atom stereocenters. The Balaban J connectivity index is 1.39. The summed E-state index contributed by atoms with van der Waals surface area (Å²) in [5.74, 6) is 4.42. The summed E-state index contributed by atoms with van der Waals surface area (Å²) in [5, 5.41) is 10.6. The molecule has 3 aliphatic rings. The van der Waals surface area contributed by atoms with Gasteiger partial charge in [-0.1, -0.05) is 56.5 Å². The Kier molecular flexibility index (Phi) is 7.67. The van der Waals surface area contributed by atoms with Crippen LogP contribution in [0.2, 0.25) is 0 Å². The van der Waals surface area contributed by atoms with Gasteiger partial charge in [-0.3, -0.25) is 4.57 Å². The van der Waals surface area contributed by atoms with Crippen LogP contribution < -0.4 is 15.9 Å². The summed E-state index contributed by atoms with van der Waals surface area (Å²) in [7, 11) is 1.69. The van der Waals surface area contributed by atoms with Crippen LogP contribution in [0.5, 0.6) is 0 Å². The number of rotatable bonds is 8. The molecular formula is C32H43N9O2. The second-order valence-corrected chi connectivity index (χ2v) is 12.9. The molecule has 2 aliphatic carbocycles. The third-order valence-corrected chi connectivity index (χ3v) is 10.0. The van der Waals surface area contributed by atoms with Crippen LogP contribution in [-0.4, -0.2) is 60.1 Å². The number of fused-ring (bicyclic) bond motifs is 1. The van der Waals surface area contributed by atoms with Gasteiger partial charge in [0.25, 0.3) is 0 Å². The number of nitrogens with one attached hydrogen (secondary N) is 2. The van der Waals surface area contributed by atoms with Gasteiger partial charge >= 0.3 is 5.69 Å². The quantitative estimate of drug-likeness (QED) is 0.299. The molecule has 2 N–H and O–H groups in total. The number of nitrogens with zero attached hydrogens (tertiary/aromatic N) is 7. The van der Waals surface area contributed by atoms with E-state index in [1.54, 1.807) is 7.05 Å². The third kappa shape index (κ3) is 5.43. The Hall–Kier alpha value is -3.73. The Bertz CT molecular complexity index is 1610. The van der Waals surface area contributed by atoms with Gasteiger partial charge in [-0.25, -0.2) is 19.9 Å². The van der Waals surface area contributed by atoms with Crippen molar-refractivity contribution in [2.75, 3.05) is 30.0 Å². The molecule has 2 saturated carbocycles. The highest BCUT2D eigenvalue weighted by molar-refractivity contribution is 5.87. The standard InChI is InChI=1S/C32H43N9O2/c1-20-12-14-22(15-13-20)18-41-26-27(33-21(2)23-10-7-11-23)34-29(30-37-38-32(42)39(30)3)35-28(26)36-31(41)40-16-17-43-19-25(40)24-8-5-4-6-9-24/h4-6,8-9,20-23,25H,7,10-19H2,1-3H3,(H,38,42)(H,33,34,35)/t20?,21-,22?,25+/m1/s1. The van der Waals surface area contributed by atoms with Gasteiger partial charge in [0, 0.05) is 26.2 Å². The lowest BCUT2D eigenvalue weighted by Gasteiger charge is -2.37. The number of anilines is 2. The molecule has 0 bridgehead atoms. The summed E-state index contributed by atoms with van der Waals surface area (Å²) >= 11 is 0. The summed E-state index contributed by atoms with van der Waals surface area (Å²) in [6.45, 7) is 7.47. The zero-order valence-electron chi connectivity index (χ0n) is 25.5. The van der Waals surface area contributed by atoms with E-state index in [1.807, 2.05) is 0 Å². The number of benzene rings is 1. The highest BCUT2D eigenvalue weighted by atomic mass is 16.5. The first kappa shape index (κ1) is 28.1. The maximum Gasteiger partial charge on any atom is 0.343 e. The van der Waals surface area contributed by atoms with Crippen molar-refractivity contribution in [3.63, 3.8) is 0 Å². The molecule has 4 aromatic rings. The van der Waals surface area contributed by atoms with E-state index in [0.717, 1.165) is 36.3 Å². The zero-order chi connectivity index (χ0) is 29.5. The Labute approximate surface area is 252 Å². The molecule has 0 spiro atoms. The lowest BCUT2D eigenvalue weighted by Crippen LogP contribution is -2.41. The molecule has 7 rings (SSSR count). The topological polar surface area (TPSA) is 119 Å². The number of aromatic amines is 1. The van der Waals surface area contributed by atoms with Crippen molar-refractivity contribution in [2.24, 2.45) is 24.8 Å². The van der Waals surface area contributed by atoms with E-state index < -0.39 is 0 Å². The lowest BCUT2D eigenvalue weighted by molar-refractivity contribution is 0.0927. The molecule has 3 aromatic heterocycles. The normalized spacial score (nSPS) is 23.8. The van der Waals surface area contributed by atoms with Crippen LogP contribution in [0.25, 0.3) is 22.8 Å². The highest BCUT2D eigenvalue weighted by Gasteiger charge is 2.33. The molecule has 2 atom stereocenters. The van der Waals surface area contributed by atoms with E-state index >= 15 is 0 Å². The highest BCUT2D eigenvalue weighted by Crippen LogP contribution is 2.38. The smallest absolute Gasteiger partial charge is 0.343 e. The minimum absolute atomic E-state index is 0.0433. The number of aromatic nitrogens is 7. The van der Waals surface area contributed by atoms with Gasteiger partial charge in [0.05, 0.1) is 19.3 Å². The number of hydrogen-bond acceptors (Lipinski definition) is 8. The van der Waals surface area contributed by atoms with Crippen LogP contribution in [0.1, 0.15) is 70.4 Å². The Morgan fingerprint density at radius 2 is 1.86 bits per heavy atom. The van der Waals surface area contributed by atoms with E-state index in [1.165, 1.54) is 55.1 Å². The van der Waals surface area contributed by atoms with Crippen LogP contribution in [-0.2, 0) is 18.3 Å². The maximum absolute atomic E-state index is 12.3. The fraction of sp³-hybridized carbons (Fsp3) is 0.594. The molecule has 11 nitrogen and oxygen atoms in total. The summed E-state index contributed by atoms with van der Waals surface area (Å²) in [4.78, 5) is 30.0. The average Bonchev–Trinajstić information content (AvgIpc) is 3.52. The summed E-state index contributed by atoms with van der Waals surface area (Å²) in [6, 6.07) is 10.9. The van der Waals surface area contributed by atoms with Crippen LogP contribution in [0, 0.1) is 17.8 Å². The van der Waals surface area contributed by atoms with Gasteiger partial charge in [-0.15, -0.1) is 5.10 Å². The largest absolute Gasteiger partial charge is 0.377 e. The first-order valence-corrected chi connectivity index (χ1v) is 16.0. The number of imidazole rings is 1. The second kappa shape index (κ2) is 11.7. The first-order valence-electron chi connectivity index (χ1n) is 16.0. The van der Waals surface area contributed by atoms with E-state index in [4.69, 9.17) is 19.7 Å². The van der Waals surface area contributed by atoms with Crippen molar-refractivity contribution >= 4 is 22.9 Å². The van der Waals surface area contributed by atoms with Crippen molar-refractivity contribution in [3.8, 4) is 11.6 Å². The maximum atomic E-state index is 12.3. The van der Waals surface area contributed by atoms with Crippen LogP contribution >= 0.6 is 0 Å². The first-order chi connectivity index (χ1) is 21.0. The molecule has 1 aromatic carbocycles. The number of hydrogen-bond donors (Lipinski definition) is 2. The molecule has 0 radical (unpaired) electrons. The monoisotopic (exact) mass is 585 g/mol. The molecule has 228 valence electrons. The van der Waals surface area contributed by atoms with Crippen LogP contribution in [0.4, 0.5) is 11.8 Å². The van der Waals surface area contributed by atoms with E-state index in [9.17, 15) is 4.79 Å². The van der Waals surface area contributed by atoms with Gasteiger partial charge in [0.2, 0.25) is 17.6 Å². The van der Waals surface area contributed by atoms with Crippen molar-refractivity contribution in [1.82, 2.24) is 34.3 Å². The van der Waals surface area contributed by atoms with Gasteiger partial charge in [-0.05, 0) is 55.9 Å². The fourth-order valence-corrected chi connectivity index (χ4v) is 7.00. The number of morpholine rings is 1. The molecule has 0 amide bonds. The van der Waals surface area contributed by atoms with Gasteiger partial charge in [-0.2, -0.15) is 4.98 Å². The molecule has 1 aliphatic heterocycles. The van der Waals surface area contributed by atoms with Gasteiger partial charge in [0.1, 0.15) is 5.52 Å². The SMILES string of the molecule is CC1CCC(Cn2c(N3CCOC[C@H]3c3ccccc3)nc3nc(-c4n[nH]c(=O)n4C)nc(N[C@H](C)C4CCC4)c32)CC1. The molecule has 3 fully saturated rings. The molecule has 11 heteroatoms. The molecule has 4 heterocycles. The second-order valence-electron chi connectivity index (χ2n) is 12.9. The molecule has 43 heavy (non-hydrogen) atoms. The minimum atomic E-state index is -0.298. The summed E-state index contributed by atoms with van der Waals surface area (Å²) in [6.07, 6.45) is 8.66. The van der Waals surface area contributed by atoms with Crippen molar-refractivity contribution in [1.29, 1.82) is 0 Å². The molecule has 1 saturated heterocycles. The van der Waals surface area contributed by atoms with Crippen LogP contribution in [0.3, 0.4) is 0 Å². The number of ether oxygens (including phenoxy) is 1. The average molecular weight is 586 g/mol. The van der Waals surface area contributed by atoms with Crippen molar-refractivity contribution < 1.29 is 4.74 Å². The zero-order valence-corrected chi connectivity index (χ0v) is 25.5. The summed E-state index contributed by atoms with van der Waals surface area (Å²) in [5.41, 5.74) is 2.47. The number of H-pyrrole nitrogens is 1. The summed E-state index contributed by atoms with van der Waals surface area (Å²) < 4.78 is 9.86. The van der Waals surface area contributed by atoms with Crippen molar-refractivity contribution in [3.05, 3.63) is 46.4 Å². The van der Waals surface area contributed by atoms with E-state index in [2.05, 4.69) is 69.2 Å². The lowest BCUT2D eigenvalue weighted by atomic mass is 9.80. The molecular weight excluding hydrogens is 542 g/mol. The Morgan fingerprint density at radius 1 is 1.07 bits per heavy atom. The van der Waals surface area contributed by atoms with E-state index in [0.29, 0.717) is 42.3 Å². The third-order valence-electron chi connectivity index (χ3n) is 10.0. The van der Waals surface area contributed by atoms with Crippen LogP contribution in [0.15, 0.2) is 35.1 Å². The predicted molar refractivity (Wildman–Crippen MR) is 167 cm³/mol. The van der Waals surface area contributed by atoms with Crippen molar-refractivity contribution in [2.45, 2.75) is 77.4 Å². The Morgan fingerprint density at radius 3 is 2.56 bits per heavy atom. The van der Waals surface area contributed by atoms with Gasteiger partial charge in [0.15, 0.2) is 11.5 Å². The predicted octanol–water partition coefficient (Wildman–Crippen LogP) is 4.92. The minimum Gasteiger partial charge on any atom is -0.377 e. The fourth-order valence-electron chi connectivity index (χ4n) is 7.00. The van der Waals surface area contributed by atoms with Gasteiger partial charge < -0.3 is 19.5 Å².